The highest BCUT2D eigenvalue weighted by Gasteiger charge is 2.32. The van der Waals surface area contributed by atoms with Crippen LogP contribution in [0.1, 0.15) is 30.1 Å². The fourth-order valence-corrected chi connectivity index (χ4v) is 2.08. The van der Waals surface area contributed by atoms with Crippen LogP contribution in [0.5, 0.6) is 0 Å². The summed E-state index contributed by atoms with van der Waals surface area (Å²) in [6.07, 6.45) is -4.26. The first-order chi connectivity index (χ1) is 7.98. The van der Waals surface area contributed by atoms with Gasteiger partial charge in [0.25, 0.3) is 0 Å². The van der Waals surface area contributed by atoms with E-state index in [9.17, 15) is 17.6 Å². The van der Waals surface area contributed by atoms with Crippen LogP contribution in [0.4, 0.5) is 17.6 Å². The molecule has 2 rings (SSSR count). The van der Waals surface area contributed by atoms with Gasteiger partial charge in [0, 0.05) is 6.04 Å². The predicted octanol–water partition coefficient (Wildman–Crippen LogP) is 3.47. The van der Waals surface area contributed by atoms with Gasteiger partial charge in [0.15, 0.2) is 0 Å². The van der Waals surface area contributed by atoms with Gasteiger partial charge in [-0.3, -0.25) is 0 Å². The highest BCUT2D eigenvalue weighted by molar-refractivity contribution is 5.28. The molecule has 0 bridgehead atoms. The summed E-state index contributed by atoms with van der Waals surface area (Å²) in [6, 6.07) is 4.14. The average molecular weight is 247 g/mol. The summed E-state index contributed by atoms with van der Waals surface area (Å²) in [4.78, 5) is 0. The first kappa shape index (κ1) is 12.4. The summed E-state index contributed by atoms with van der Waals surface area (Å²) in [5, 5.41) is 2.96. The Morgan fingerprint density at radius 1 is 1.29 bits per heavy atom. The minimum Gasteiger partial charge on any atom is -0.311 e. The van der Waals surface area contributed by atoms with E-state index in [1.54, 1.807) is 0 Å². The van der Waals surface area contributed by atoms with Crippen LogP contribution in [0, 0.1) is 0 Å². The van der Waals surface area contributed by atoms with Crippen molar-refractivity contribution < 1.29 is 17.6 Å². The molecule has 2 unspecified atom stereocenters. The van der Waals surface area contributed by atoms with Crippen molar-refractivity contribution >= 4 is 0 Å². The van der Waals surface area contributed by atoms with Crippen LogP contribution in [-0.4, -0.2) is 12.6 Å². The van der Waals surface area contributed by atoms with Gasteiger partial charge in [-0.15, -0.1) is 0 Å². The number of hydrogen-bond acceptors (Lipinski definition) is 1. The Morgan fingerprint density at radius 2 is 2.06 bits per heavy atom. The summed E-state index contributed by atoms with van der Waals surface area (Å²) in [7, 11) is 0. The second-order valence-electron chi connectivity index (χ2n) is 4.23. The van der Waals surface area contributed by atoms with Crippen molar-refractivity contribution in [3.05, 3.63) is 35.4 Å². The van der Waals surface area contributed by atoms with Crippen molar-refractivity contribution in [1.82, 2.24) is 5.32 Å². The minimum atomic E-state index is -4.42. The lowest BCUT2D eigenvalue weighted by Gasteiger charge is -2.17. The Bertz CT molecular complexity index is 382. The fourth-order valence-electron chi connectivity index (χ4n) is 2.08. The summed E-state index contributed by atoms with van der Waals surface area (Å²) < 4.78 is 51.4. The summed E-state index contributed by atoms with van der Waals surface area (Å²) in [6.45, 7) is 0.726. The highest BCUT2D eigenvalue weighted by Crippen LogP contribution is 2.33. The van der Waals surface area contributed by atoms with Crippen molar-refractivity contribution in [3.8, 4) is 0 Å². The molecule has 5 heteroatoms. The van der Waals surface area contributed by atoms with Crippen LogP contribution < -0.4 is 5.32 Å². The maximum atomic E-state index is 14.0. The fraction of sp³-hybridized carbons (Fsp3) is 0.500. The second-order valence-corrected chi connectivity index (χ2v) is 4.23. The first-order valence-corrected chi connectivity index (χ1v) is 5.53. The van der Waals surface area contributed by atoms with Gasteiger partial charge >= 0.3 is 6.18 Å². The lowest BCUT2D eigenvalue weighted by atomic mass is 10.0. The molecule has 1 N–H and O–H groups in total. The number of alkyl halides is 4. The maximum absolute atomic E-state index is 14.0. The molecule has 1 aromatic carbocycles. The van der Waals surface area contributed by atoms with Gasteiger partial charge < -0.3 is 5.32 Å². The largest absolute Gasteiger partial charge is 0.416 e. The molecule has 17 heavy (non-hydrogen) atoms. The first-order valence-electron chi connectivity index (χ1n) is 5.53. The normalized spacial score (nSPS) is 22.7. The van der Waals surface area contributed by atoms with Gasteiger partial charge in [-0.2, -0.15) is 13.2 Å². The Kier molecular flexibility index (Phi) is 3.38. The average Bonchev–Trinajstić information content (AvgIpc) is 2.80. The monoisotopic (exact) mass is 247 g/mol. The third kappa shape index (κ3) is 2.77. The van der Waals surface area contributed by atoms with E-state index in [-0.39, 0.29) is 11.6 Å². The van der Waals surface area contributed by atoms with Gasteiger partial charge in [0.1, 0.15) is 6.17 Å². The Morgan fingerprint density at radius 3 is 2.65 bits per heavy atom. The van der Waals surface area contributed by atoms with Crippen LogP contribution in [0.3, 0.4) is 0 Å². The minimum absolute atomic E-state index is 0.0965. The van der Waals surface area contributed by atoms with E-state index in [0.717, 1.165) is 25.1 Å². The topological polar surface area (TPSA) is 12.0 Å². The van der Waals surface area contributed by atoms with Crippen LogP contribution >= 0.6 is 0 Å². The maximum Gasteiger partial charge on any atom is 0.416 e. The Balaban J connectivity index is 2.20. The van der Waals surface area contributed by atoms with Gasteiger partial charge in [-0.25, -0.2) is 4.39 Å². The third-order valence-electron chi connectivity index (χ3n) is 2.98. The zero-order chi connectivity index (χ0) is 12.5. The van der Waals surface area contributed by atoms with Gasteiger partial charge in [-0.05, 0) is 37.1 Å². The molecule has 0 amide bonds. The van der Waals surface area contributed by atoms with Gasteiger partial charge in [0.2, 0.25) is 0 Å². The molecule has 1 saturated heterocycles. The highest BCUT2D eigenvalue weighted by atomic mass is 19.4. The molecule has 1 nitrogen and oxygen atoms in total. The molecule has 0 aliphatic carbocycles. The molecule has 1 heterocycles. The molecular weight excluding hydrogens is 234 g/mol. The van der Waals surface area contributed by atoms with E-state index in [4.69, 9.17) is 0 Å². The van der Waals surface area contributed by atoms with Crippen molar-refractivity contribution in [2.75, 3.05) is 6.54 Å². The lowest BCUT2D eigenvalue weighted by molar-refractivity contribution is -0.137. The zero-order valence-corrected chi connectivity index (χ0v) is 9.10. The summed E-state index contributed by atoms with van der Waals surface area (Å²) in [5.41, 5.74) is -0.699. The smallest absolute Gasteiger partial charge is 0.311 e. The van der Waals surface area contributed by atoms with E-state index in [1.165, 1.54) is 12.1 Å². The second kappa shape index (κ2) is 4.64. The van der Waals surface area contributed by atoms with Crippen molar-refractivity contribution in [2.24, 2.45) is 0 Å². The van der Waals surface area contributed by atoms with Gasteiger partial charge in [-0.1, -0.05) is 12.1 Å². The molecule has 0 radical (unpaired) electrons. The quantitative estimate of drug-likeness (QED) is 0.789. The summed E-state index contributed by atoms with van der Waals surface area (Å²) in [5.74, 6) is 0. The standard InChI is InChI=1S/C12H13F4N/c13-11(10-5-2-6-17-10)8-3-1-4-9(7-8)12(14,15)16/h1,3-4,7,10-11,17H,2,5-6H2. The zero-order valence-electron chi connectivity index (χ0n) is 9.10. The Hall–Kier alpha value is -1.10. The van der Waals surface area contributed by atoms with Crippen LogP contribution in [0.25, 0.3) is 0 Å². The lowest BCUT2D eigenvalue weighted by Crippen LogP contribution is -2.26. The van der Waals surface area contributed by atoms with Crippen molar-refractivity contribution in [3.63, 3.8) is 0 Å². The predicted molar refractivity (Wildman–Crippen MR) is 56.3 cm³/mol. The van der Waals surface area contributed by atoms with E-state index in [1.807, 2.05) is 0 Å². The SMILES string of the molecule is FC(c1cccc(C(F)(F)F)c1)C1CCCN1. The van der Waals surface area contributed by atoms with E-state index >= 15 is 0 Å². The molecular formula is C12H13F4N. The Labute approximate surface area is 96.8 Å². The number of halogens is 4. The molecule has 1 fully saturated rings. The molecule has 0 spiro atoms. The van der Waals surface area contributed by atoms with E-state index in [2.05, 4.69) is 5.32 Å². The molecule has 0 saturated carbocycles. The van der Waals surface area contributed by atoms with Crippen LogP contribution in [0.15, 0.2) is 24.3 Å². The van der Waals surface area contributed by atoms with Crippen molar-refractivity contribution in [1.29, 1.82) is 0 Å². The number of rotatable bonds is 2. The molecule has 1 aromatic rings. The number of nitrogens with one attached hydrogen (secondary N) is 1. The molecule has 1 aliphatic heterocycles. The number of hydrogen-bond donors (Lipinski definition) is 1. The third-order valence-corrected chi connectivity index (χ3v) is 2.98. The molecule has 0 aromatic heterocycles. The summed E-state index contributed by atoms with van der Waals surface area (Å²) >= 11 is 0. The van der Waals surface area contributed by atoms with E-state index in [0.29, 0.717) is 6.42 Å². The molecule has 94 valence electrons. The molecule has 2 atom stereocenters. The number of benzene rings is 1. The van der Waals surface area contributed by atoms with Crippen molar-refractivity contribution in [2.45, 2.75) is 31.2 Å². The molecule has 1 aliphatic rings. The van der Waals surface area contributed by atoms with Crippen LogP contribution in [-0.2, 0) is 6.18 Å². The van der Waals surface area contributed by atoms with Gasteiger partial charge in [0.05, 0.1) is 5.56 Å². The van der Waals surface area contributed by atoms with E-state index < -0.39 is 17.9 Å². The van der Waals surface area contributed by atoms with Crippen LogP contribution in [0.2, 0.25) is 0 Å².